The van der Waals surface area contributed by atoms with Crippen molar-refractivity contribution in [1.29, 1.82) is 0 Å². The van der Waals surface area contributed by atoms with E-state index in [9.17, 15) is 4.79 Å². The van der Waals surface area contributed by atoms with Crippen LogP contribution in [0.4, 0.5) is 11.4 Å². The summed E-state index contributed by atoms with van der Waals surface area (Å²) in [6.45, 7) is 10.6. The van der Waals surface area contributed by atoms with Gasteiger partial charge in [0, 0.05) is 36.1 Å². The maximum atomic E-state index is 12.1. The Labute approximate surface area is 241 Å². The van der Waals surface area contributed by atoms with Crippen molar-refractivity contribution in [1.82, 2.24) is 14.9 Å². The van der Waals surface area contributed by atoms with Crippen LogP contribution in [0.15, 0.2) is 66.9 Å². The number of methoxy groups -OCH3 is 1. The van der Waals surface area contributed by atoms with Crippen molar-refractivity contribution in [2.45, 2.75) is 46.7 Å². The van der Waals surface area contributed by atoms with Gasteiger partial charge in [0.15, 0.2) is 5.11 Å². The van der Waals surface area contributed by atoms with Gasteiger partial charge in [-0.25, -0.2) is 0 Å². The van der Waals surface area contributed by atoms with Crippen LogP contribution in [0.1, 0.15) is 51.4 Å². The summed E-state index contributed by atoms with van der Waals surface area (Å²) in [5.74, 6) is -0.191. The molecule has 1 saturated heterocycles. The third kappa shape index (κ3) is 5.00. The number of amides is 1. The van der Waals surface area contributed by atoms with Crippen molar-refractivity contribution in [2.75, 3.05) is 23.9 Å². The molecule has 0 spiro atoms. The normalized spacial score (nSPS) is 16.8. The number of rotatable bonds is 7. The first-order valence-corrected chi connectivity index (χ1v) is 13.8. The van der Waals surface area contributed by atoms with E-state index in [0.29, 0.717) is 5.11 Å². The molecule has 2 aromatic carbocycles. The minimum absolute atomic E-state index is 0.00509. The highest BCUT2D eigenvalue weighted by Gasteiger charge is 2.42. The number of nitrogens with zero attached hydrogens (tertiary/aromatic N) is 3. The molecular weight excluding hydrogens is 518 g/mol. The van der Waals surface area contributed by atoms with Crippen molar-refractivity contribution < 1.29 is 9.53 Å². The van der Waals surface area contributed by atoms with Gasteiger partial charge in [0.25, 0.3) is 0 Å². The van der Waals surface area contributed by atoms with Crippen molar-refractivity contribution >= 4 is 34.6 Å². The van der Waals surface area contributed by atoms with Crippen LogP contribution in [-0.2, 0) is 9.53 Å². The summed E-state index contributed by atoms with van der Waals surface area (Å²) in [6.07, 6.45) is 1.82. The maximum Gasteiger partial charge on any atom is 0.250 e. The minimum atomic E-state index is -0.191. The monoisotopic (exact) mass is 553 g/mol. The number of aromatic nitrogens is 2. The summed E-state index contributed by atoms with van der Waals surface area (Å²) >= 11 is 5.97. The molecule has 2 aromatic heterocycles. The van der Waals surface area contributed by atoms with Crippen molar-refractivity contribution in [3.8, 4) is 5.69 Å². The van der Waals surface area contributed by atoms with Crippen LogP contribution in [0.3, 0.4) is 0 Å². The van der Waals surface area contributed by atoms with Gasteiger partial charge >= 0.3 is 0 Å². The Balaban J connectivity index is 1.63. The summed E-state index contributed by atoms with van der Waals surface area (Å²) in [6, 6.07) is 20.4. The number of thiocarbonyl (C=S) groups is 1. The van der Waals surface area contributed by atoms with Crippen molar-refractivity contribution in [3.63, 3.8) is 0 Å². The number of aryl methyl sites for hydroxylation is 4. The second kappa shape index (κ2) is 11.2. The molecule has 5 rings (SSSR count). The fraction of sp³-hybridized carbons (Fsp3) is 0.281. The highest BCUT2D eigenvalue weighted by Crippen LogP contribution is 2.44. The van der Waals surface area contributed by atoms with E-state index in [1.165, 1.54) is 29.5 Å². The lowest BCUT2D eigenvalue weighted by Gasteiger charge is -2.29. The molecule has 3 heterocycles. The maximum absolute atomic E-state index is 12.1. The second-order valence-electron chi connectivity index (χ2n) is 10.4. The lowest BCUT2D eigenvalue weighted by atomic mass is 9.96. The molecule has 4 aromatic rings. The molecule has 1 amide bonds. The fourth-order valence-electron chi connectivity index (χ4n) is 5.79. The molecule has 206 valence electrons. The molecule has 0 bridgehead atoms. The number of carbonyl (C=O) groups is 1. The molecule has 0 radical (unpaired) electrons. The second-order valence-corrected chi connectivity index (χ2v) is 10.8. The molecule has 2 N–H and O–H groups in total. The van der Waals surface area contributed by atoms with Crippen LogP contribution < -0.4 is 15.5 Å². The van der Waals surface area contributed by atoms with Crippen LogP contribution in [0.5, 0.6) is 0 Å². The predicted molar refractivity (Wildman–Crippen MR) is 164 cm³/mol. The van der Waals surface area contributed by atoms with Gasteiger partial charge in [-0.15, -0.1) is 0 Å². The highest BCUT2D eigenvalue weighted by atomic mass is 32.1. The number of anilines is 2. The molecular formula is C32H35N5O2S. The summed E-state index contributed by atoms with van der Waals surface area (Å²) in [5, 5.41) is 7.12. The molecule has 1 fully saturated rings. The third-order valence-corrected chi connectivity index (χ3v) is 7.90. The molecule has 2 atom stereocenters. The Bertz CT molecular complexity index is 1560. The first-order chi connectivity index (χ1) is 19.2. The lowest BCUT2D eigenvalue weighted by molar-refractivity contribution is -0.119. The number of benzene rings is 2. The van der Waals surface area contributed by atoms with Gasteiger partial charge in [-0.05, 0) is 105 Å². The van der Waals surface area contributed by atoms with Gasteiger partial charge in [-0.3, -0.25) is 9.78 Å². The average Bonchev–Trinajstić information content (AvgIpc) is 3.41. The zero-order valence-corrected chi connectivity index (χ0v) is 24.6. The van der Waals surface area contributed by atoms with Crippen LogP contribution >= 0.6 is 12.2 Å². The van der Waals surface area contributed by atoms with Crippen LogP contribution in [0.25, 0.3) is 5.69 Å². The molecule has 7 nitrogen and oxygen atoms in total. The number of ether oxygens (including phenoxy) is 1. The average molecular weight is 554 g/mol. The SMILES string of the molecule is COCC(=O)Nc1ccc(N2C(=S)N[C@H](c3ccccn3)[C@H]2c2cc(C)n(-c3c(C)cccc3C)c2C)cc1C. The molecule has 8 heteroatoms. The number of para-hydroxylation sites is 1. The van der Waals surface area contributed by atoms with E-state index in [4.69, 9.17) is 21.9 Å². The standard InChI is InChI=1S/C32H35N5O2S/c1-19-10-9-11-20(2)30(19)36-22(4)17-25(23(36)5)31-29(27-12-7-8-15-33-27)35-32(40)37(31)24-13-14-26(21(3)16-24)34-28(38)18-39-6/h7-17,29,31H,18H2,1-6H3,(H,34,38)(H,35,40)/t29-,31-/m1/s1. The van der Waals surface area contributed by atoms with E-state index < -0.39 is 0 Å². The van der Waals surface area contributed by atoms with E-state index in [-0.39, 0.29) is 24.6 Å². The van der Waals surface area contributed by atoms with E-state index in [1.54, 1.807) is 0 Å². The highest BCUT2D eigenvalue weighted by molar-refractivity contribution is 7.80. The number of nitrogens with one attached hydrogen (secondary N) is 2. The molecule has 40 heavy (non-hydrogen) atoms. The Hall–Kier alpha value is -4.01. The zero-order chi connectivity index (χ0) is 28.6. The lowest BCUT2D eigenvalue weighted by Crippen LogP contribution is -2.29. The summed E-state index contributed by atoms with van der Waals surface area (Å²) < 4.78 is 7.32. The topological polar surface area (TPSA) is 71.4 Å². The quantitative estimate of drug-likeness (QED) is 0.267. The Kier molecular flexibility index (Phi) is 7.74. The van der Waals surface area contributed by atoms with E-state index in [2.05, 4.69) is 78.1 Å². The fourth-order valence-corrected chi connectivity index (χ4v) is 6.14. The number of pyridine rings is 1. The first kappa shape index (κ1) is 27.6. The smallest absolute Gasteiger partial charge is 0.250 e. The van der Waals surface area contributed by atoms with Crippen LogP contribution in [0.2, 0.25) is 0 Å². The van der Waals surface area contributed by atoms with Gasteiger partial charge in [0.1, 0.15) is 6.61 Å². The summed E-state index contributed by atoms with van der Waals surface area (Å²) in [5.41, 5.74) is 10.7. The number of hydrogen-bond donors (Lipinski definition) is 2. The van der Waals surface area contributed by atoms with Gasteiger partial charge in [0.2, 0.25) is 5.91 Å². The first-order valence-electron chi connectivity index (χ1n) is 13.4. The molecule has 1 aliphatic rings. The molecule has 0 unspecified atom stereocenters. The van der Waals surface area contributed by atoms with Crippen LogP contribution in [0, 0.1) is 34.6 Å². The van der Waals surface area contributed by atoms with E-state index >= 15 is 0 Å². The van der Waals surface area contributed by atoms with Crippen LogP contribution in [-0.4, -0.2) is 34.3 Å². The Morgan fingerprint density at radius 3 is 2.40 bits per heavy atom. The molecule has 0 saturated carbocycles. The predicted octanol–water partition coefficient (Wildman–Crippen LogP) is 6.18. The number of hydrogen-bond acceptors (Lipinski definition) is 4. The molecule has 0 aliphatic carbocycles. The van der Waals surface area contributed by atoms with Crippen molar-refractivity contribution in [2.24, 2.45) is 0 Å². The number of carbonyl (C=O) groups excluding carboxylic acids is 1. The zero-order valence-electron chi connectivity index (χ0n) is 23.8. The Morgan fingerprint density at radius 2 is 1.75 bits per heavy atom. The van der Waals surface area contributed by atoms with Crippen molar-refractivity contribution in [3.05, 3.63) is 106 Å². The largest absolute Gasteiger partial charge is 0.375 e. The van der Waals surface area contributed by atoms with Gasteiger partial charge in [0.05, 0.1) is 23.5 Å². The van der Waals surface area contributed by atoms with E-state index in [0.717, 1.165) is 34.0 Å². The van der Waals surface area contributed by atoms with Gasteiger partial charge in [-0.1, -0.05) is 24.3 Å². The minimum Gasteiger partial charge on any atom is -0.375 e. The third-order valence-electron chi connectivity index (χ3n) is 7.59. The van der Waals surface area contributed by atoms with Gasteiger partial charge < -0.3 is 24.8 Å². The van der Waals surface area contributed by atoms with Gasteiger partial charge in [-0.2, -0.15) is 0 Å². The Morgan fingerprint density at radius 1 is 1.00 bits per heavy atom. The van der Waals surface area contributed by atoms with E-state index in [1.807, 2.05) is 43.5 Å². The summed E-state index contributed by atoms with van der Waals surface area (Å²) in [7, 11) is 1.51. The summed E-state index contributed by atoms with van der Waals surface area (Å²) in [4.78, 5) is 19.0. The molecule has 1 aliphatic heterocycles.